The molecule has 0 aromatic heterocycles. The van der Waals surface area contributed by atoms with E-state index in [1.54, 1.807) is 0 Å². The third-order valence-corrected chi connectivity index (χ3v) is 6.80. The highest BCUT2D eigenvalue weighted by Crippen LogP contribution is 2.57. The van der Waals surface area contributed by atoms with Crippen molar-refractivity contribution < 1.29 is 38.9 Å². The van der Waals surface area contributed by atoms with E-state index < -0.39 is 46.3 Å². The minimum atomic E-state index is -1.62. The third kappa shape index (κ3) is 3.46. The number of aromatic hydroxyl groups is 2. The van der Waals surface area contributed by atoms with Gasteiger partial charge in [-0.05, 0) is 33.6 Å². The maximum Gasteiger partial charge on any atom is 0.328 e. The van der Waals surface area contributed by atoms with Crippen molar-refractivity contribution in [2.24, 2.45) is 5.92 Å². The predicted molar refractivity (Wildman–Crippen MR) is 122 cm³/mol. The number of allylic oxidation sites excluding steroid dienone is 4. The van der Waals surface area contributed by atoms with Crippen LogP contribution in [0.15, 0.2) is 23.1 Å². The van der Waals surface area contributed by atoms with Gasteiger partial charge in [0.05, 0.1) is 18.2 Å². The minimum absolute atomic E-state index is 0.00786. The van der Waals surface area contributed by atoms with Gasteiger partial charge in [-0.25, -0.2) is 4.79 Å². The van der Waals surface area contributed by atoms with Crippen LogP contribution in [-0.2, 0) is 24.5 Å². The van der Waals surface area contributed by atoms with E-state index in [2.05, 4.69) is 5.32 Å². The molecule has 9 nitrogen and oxygen atoms in total. The number of carbonyl (C=O) groups excluding carboxylic acids is 4. The lowest BCUT2D eigenvalue weighted by molar-refractivity contribution is -0.144. The van der Waals surface area contributed by atoms with Crippen LogP contribution in [0.1, 0.15) is 62.5 Å². The van der Waals surface area contributed by atoms with Gasteiger partial charge in [0.1, 0.15) is 40.0 Å². The Bertz CT molecular complexity index is 1190. The topological polar surface area (TPSA) is 139 Å². The second-order valence-corrected chi connectivity index (χ2v) is 8.92. The molecule has 1 heterocycles. The Kier molecular flexibility index (Phi) is 6.34. The van der Waals surface area contributed by atoms with Crippen molar-refractivity contribution in [3.8, 4) is 17.2 Å². The molecule has 0 fully saturated rings. The molecule has 34 heavy (non-hydrogen) atoms. The lowest BCUT2D eigenvalue weighted by Gasteiger charge is -2.30. The summed E-state index contributed by atoms with van der Waals surface area (Å²) in [6, 6.07) is -0.787. The highest BCUT2D eigenvalue weighted by molar-refractivity contribution is 6.31. The molecule has 182 valence electrons. The number of ether oxygens (including phenoxy) is 2. The summed E-state index contributed by atoms with van der Waals surface area (Å²) in [4.78, 5) is 51.4. The first-order valence-electron chi connectivity index (χ1n) is 11.0. The molecule has 1 aliphatic carbocycles. The summed E-state index contributed by atoms with van der Waals surface area (Å²) in [6.07, 6.45) is 1.78. The molecule has 0 spiro atoms. The lowest BCUT2D eigenvalue weighted by Crippen LogP contribution is -2.45. The number of carbonyl (C=O) groups is 4. The van der Waals surface area contributed by atoms with Crippen molar-refractivity contribution in [2.75, 3.05) is 7.11 Å². The summed E-state index contributed by atoms with van der Waals surface area (Å²) in [5.41, 5.74) is -1.79. The molecule has 0 saturated carbocycles. The summed E-state index contributed by atoms with van der Waals surface area (Å²) in [7, 11) is 1.26. The molecule has 0 unspecified atom stereocenters. The zero-order chi connectivity index (χ0) is 25.7. The number of esters is 1. The Morgan fingerprint density at radius 3 is 2.35 bits per heavy atom. The van der Waals surface area contributed by atoms with E-state index in [0.717, 1.165) is 6.08 Å². The monoisotopic (exact) mass is 471 g/mol. The molecule has 0 amide bonds. The van der Waals surface area contributed by atoms with Gasteiger partial charge in [-0.3, -0.25) is 14.4 Å². The number of benzene rings is 1. The average molecular weight is 472 g/mol. The molecule has 1 aromatic carbocycles. The molecule has 9 heteroatoms. The maximum absolute atomic E-state index is 13.8. The van der Waals surface area contributed by atoms with Crippen LogP contribution in [0.2, 0.25) is 0 Å². The summed E-state index contributed by atoms with van der Waals surface area (Å²) >= 11 is 0. The minimum Gasteiger partial charge on any atom is -0.507 e. The van der Waals surface area contributed by atoms with E-state index in [9.17, 15) is 29.4 Å². The van der Waals surface area contributed by atoms with Gasteiger partial charge in [0.15, 0.2) is 17.3 Å². The number of ketones is 3. The summed E-state index contributed by atoms with van der Waals surface area (Å²) < 4.78 is 10.6. The van der Waals surface area contributed by atoms with Crippen LogP contribution in [0.4, 0.5) is 0 Å². The van der Waals surface area contributed by atoms with Crippen LogP contribution in [-0.4, -0.2) is 46.7 Å². The van der Waals surface area contributed by atoms with E-state index in [1.807, 2.05) is 13.8 Å². The quantitative estimate of drug-likeness (QED) is 0.247. The highest BCUT2D eigenvalue weighted by atomic mass is 16.5. The van der Waals surface area contributed by atoms with Gasteiger partial charge in [-0.2, -0.15) is 0 Å². The molecule has 3 rings (SSSR count). The number of methoxy groups -OCH3 is 1. The Morgan fingerprint density at radius 1 is 1.21 bits per heavy atom. The van der Waals surface area contributed by atoms with Gasteiger partial charge in [0, 0.05) is 17.3 Å². The number of hydrogen-bond donors (Lipinski definition) is 3. The Balaban J connectivity index is 2.22. The number of phenolic OH excluding ortho intramolecular Hbond substituents is 2. The zero-order valence-corrected chi connectivity index (χ0v) is 20.3. The van der Waals surface area contributed by atoms with Crippen LogP contribution < -0.4 is 10.1 Å². The molecule has 0 saturated heterocycles. The normalized spacial score (nSPS) is 22.1. The summed E-state index contributed by atoms with van der Waals surface area (Å²) in [5, 5.41) is 24.3. The standard InChI is InChI=1S/C25H29NO8/c1-8-10(2)19(24(32)33-7)26-12(4)16-14(28)9-15-25(6,23(16)31)18-21(30)11(3)20(29)17(13(5)27)22(18)34-15/h9-10,19,26,29-30H,8H2,1-7H3/b16-12+/t10-,19-,25-/m0/s1. The predicted octanol–water partition coefficient (Wildman–Crippen LogP) is 2.75. The van der Waals surface area contributed by atoms with Crippen molar-refractivity contribution in [3.05, 3.63) is 39.8 Å². The van der Waals surface area contributed by atoms with Crippen LogP contribution in [0, 0.1) is 12.8 Å². The van der Waals surface area contributed by atoms with Gasteiger partial charge in [0.2, 0.25) is 0 Å². The first kappa shape index (κ1) is 25.0. The first-order valence-corrected chi connectivity index (χ1v) is 11.0. The summed E-state index contributed by atoms with van der Waals surface area (Å²) in [6.45, 7) is 9.38. The fourth-order valence-corrected chi connectivity index (χ4v) is 4.46. The van der Waals surface area contributed by atoms with E-state index in [4.69, 9.17) is 9.47 Å². The number of phenols is 2. The Labute approximate surface area is 197 Å². The number of hydrogen-bond acceptors (Lipinski definition) is 9. The van der Waals surface area contributed by atoms with Gasteiger partial charge in [-0.15, -0.1) is 0 Å². The maximum atomic E-state index is 13.8. The largest absolute Gasteiger partial charge is 0.507 e. The molecule has 0 radical (unpaired) electrons. The van der Waals surface area contributed by atoms with Crippen molar-refractivity contribution in [1.82, 2.24) is 5.32 Å². The van der Waals surface area contributed by atoms with E-state index in [1.165, 1.54) is 34.8 Å². The van der Waals surface area contributed by atoms with Crippen molar-refractivity contribution >= 4 is 23.3 Å². The van der Waals surface area contributed by atoms with Gasteiger partial charge in [0.25, 0.3) is 0 Å². The highest BCUT2D eigenvalue weighted by Gasteiger charge is 2.56. The molecule has 2 aliphatic rings. The molecule has 0 bridgehead atoms. The fourth-order valence-electron chi connectivity index (χ4n) is 4.46. The van der Waals surface area contributed by atoms with Crippen LogP contribution in [0.5, 0.6) is 17.2 Å². The van der Waals surface area contributed by atoms with E-state index in [0.29, 0.717) is 6.42 Å². The van der Waals surface area contributed by atoms with Crippen LogP contribution >= 0.6 is 0 Å². The van der Waals surface area contributed by atoms with E-state index >= 15 is 0 Å². The lowest BCUT2D eigenvalue weighted by atomic mass is 9.70. The number of Topliss-reactive ketones (excluding diaryl/α,β-unsaturated/α-hetero) is 2. The fraction of sp³-hybridized carbons (Fsp3) is 0.440. The molecule has 3 N–H and O–H groups in total. The molecular formula is C25H29NO8. The second kappa shape index (κ2) is 8.62. The molecule has 3 atom stereocenters. The van der Waals surface area contributed by atoms with Crippen molar-refractivity contribution in [1.29, 1.82) is 0 Å². The van der Waals surface area contributed by atoms with E-state index in [-0.39, 0.29) is 45.4 Å². The smallest absolute Gasteiger partial charge is 0.328 e. The van der Waals surface area contributed by atoms with Gasteiger partial charge >= 0.3 is 5.97 Å². The average Bonchev–Trinajstić information content (AvgIpc) is 3.07. The zero-order valence-electron chi connectivity index (χ0n) is 20.3. The summed E-state index contributed by atoms with van der Waals surface area (Å²) in [5.74, 6) is -3.57. The van der Waals surface area contributed by atoms with Crippen LogP contribution in [0.25, 0.3) is 0 Å². The molecule has 1 aromatic rings. The molecular weight excluding hydrogens is 442 g/mol. The van der Waals surface area contributed by atoms with Crippen molar-refractivity contribution in [2.45, 2.75) is 59.4 Å². The molecule has 1 aliphatic heterocycles. The SMILES string of the molecule is CC[C@H](C)[C@H](N/C(C)=C1\C(=O)C=C2Oc3c(C(C)=O)c(O)c(C)c(O)c3[C@@]2(C)C1=O)C(=O)OC. The Hall–Kier alpha value is -3.62. The first-order chi connectivity index (χ1) is 15.8. The Morgan fingerprint density at radius 2 is 1.82 bits per heavy atom. The van der Waals surface area contributed by atoms with Gasteiger partial charge in [-0.1, -0.05) is 20.3 Å². The third-order valence-electron chi connectivity index (χ3n) is 6.80. The number of rotatable bonds is 6. The number of nitrogens with one attached hydrogen (secondary N) is 1. The number of fused-ring (bicyclic) bond motifs is 3. The second-order valence-electron chi connectivity index (χ2n) is 8.92. The van der Waals surface area contributed by atoms with Crippen molar-refractivity contribution in [3.63, 3.8) is 0 Å². The van der Waals surface area contributed by atoms with Crippen LogP contribution in [0.3, 0.4) is 0 Å². The van der Waals surface area contributed by atoms with Gasteiger partial charge < -0.3 is 25.0 Å².